The first-order valence-electron chi connectivity index (χ1n) is 11.6. The maximum atomic E-state index is 14.2. The third kappa shape index (κ3) is 6.82. The normalized spacial score (nSPS) is 19.6. The molecule has 0 rings (SSSR count). The summed E-state index contributed by atoms with van der Waals surface area (Å²) in [6, 6.07) is -1.96. The summed E-state index contributed by atoms with van der Waals surface area (Å²) >= 11 is 0. The average molecular weight is 490 g/mol. The Morgan fingerprint density at radius 3 is 1.79 bits per heavy atom. The predicted molar refractivity (Wildman–Crippen MR) is 126 cm³/mol. The summed E-state index contributed by atoms with van der Waals surface area (Å²) in [7, 11) is 4.42. The number of carbonyl (C=O) groups excluding carboxylic acids is 3. The van der Waals surface area contributed by atoms with Crippen LogP contribution in [0.3, 0.4) is 0 Å². The summed E-state index contributed by atoms with van der Waals surface area (Å²) < 4.78 is 5.56. The average Bonchev–Trinajstić information content (AvgIpc) is 2.75. The molecule has 7 atom stereocenters. The van der Waals surface area contributed by atoms with E-state index in [9.17, 15) is 34.5 Å². The quantitative estimate of drug-likeness (QED) is 0.115. The number of ketones is 2. The van der Waals surface area contributed by atoms with E-state index in [0.29, 0.717) is 6.42 Å². The summed E-state index contributed by atoms with van der Waals surface area (Å²) in [5.74, 6) is -4.79. The van der Waals surface area contributed by atoms with Crippen molar-refractivity contribution in [1.82, 2.24) is 16.0 Å². The van der Waals surface area contributed by atoms with E-state index in [0.717, 1.165) is 0 Å². The molecule has 0 radical (unpaired) electrons. The third-order valence-corrected chi connectivity index (χ3v) is 6.32. The van der Waals surface area contributed by atoms with Crippen LogP contribution in [0.15, 0.2) is 0 Å². The molecule has 0 aliphatic rings. The van der Waals surface area contributed by atoms with Crippen LogP contribution in [0.2, 0.25) is 0 Å². The first-order valence-corrected chi connectivity index (χ1v) is 11.6. The van der Waals surface area contributed by atoms with Gasteiger partial charge in [-0.3, -0.25) is 14.4 Å². The van der Waals surface area contributed by atoms with Gasteiger partial charge in [-0.1, -0.05) is 20.3 Å². The third-order valence-electron chi connectivity index (χ3n) is 6.32. The molecule has 0 aromatic heterocycles. The first-order chi connectivity index (χ1) is 15.7. The molecule has 11 nitrogen and oxygen atoms in total. The number of carboxylic acids is 1. The lowest BCUT2D eigenvalue weighted by Crippen LogP contribution is -2.70. The highest BCUT2D eigenvalue weighted by Gasteiger charge is 2.69. The number of ether oxygens (including phenoxy) is 1. The SMILES string of the molecule is CC[C@H](C)[C@@H](NC)C(=O)C(CC(C)O)(C(=O)CNC)C(CC(C)O)(OC(=O)[C@@H](C)NC)C(=O)O. The Hall–Kier alpha value is -1.92. The second kappa shape index (κ2) is 13.8. The largest absolute Gasteiger partial charge is 0.478 e. The molecular weight excluding hydrogens is 446 g/mol. The number of carbonyl (C=O) groups is 4. The molecule has 11 heteroatoms. The van der Waals surface area contributed by atoms with Gasteiger partial charge in [-0.25, -0.2) is 4.79 Å². The van der Waals surface area contributed by atoms with Crippen molar-refractivity contribution in [3.63, 3.8) is 0 Å². The lowest BCUT2D eigenvalue weighted by atomic mass is 9.58. The molecule has 0 bridgehead atoms. The van der Waals surface area contributed by atoms with E-state index in [-0.39, 0.29) is 5.92 Å². The van der Waals surface area contributed by atoms with Crippen molar-refractivity contribution in [2.75, 3.05) is 27.7 Å². The number of hydrogen-bond acceptors (Lipinski definition) is 10. The molecular formula is C23H43N3O8. The van der Waals surface area contributed by atoms with E-state index in [1.807, 2.05) is 6.92 Å². The molecule has 0 aliphatic heterocycles. The number of rotatable bonds is 17. The fraction of sp³-hybridized carbons (Fsp3) is 0.826. The Morgan fingerprint density at radius 1 is 0.912 bits per heavy atom. The molecule has 0 saturated heterocycles. The molecule has 0 heterocycles. The van der Waals surface area contributed by atoms with Crippen LogP contribution in [0.5, 0.6) is 0 Å². The number of esters is 1. The highest BCUT2D eigenvalue weighted by atomic mass is 16.6. The van der Waals surface area contributed by atoms with Crippen molar-refractivity contribution >= 4 is 23.5 Å². The van der Waals surface area contributed by atoms with Crippen molar-refractivity contribution in [2.45, 2.75) is 83.8 Å². The monoisotopic (exact) mass is 489 g/mol. The van der Waals surface area contributed by atoms with Crippen LogP contribution in [0.1, 0.15) is 53.9 Å². The minimum atomic E-state index is -2.78. The minimum Gasteiger partial charge on any atom is -0.478 e. The van der Waals surface area contributed by atoms with Crippen molar-refractivity contribution in [2.24, 2.45) is 11.3 Å². The maximum absolute atomic E-state index is 14.2. The smallest absolute Gasteiger partial charge is 0.349 e. The highest BCUT2D eigenvalue weighted by molar-refractivity contribution is 6.15. The van der Waals surface area contributed by atoms with Crippen LogP contribution in [0.4, 0.5) is 0 Å². The number of Topliss-reactive ketones (excluding diaryl/α,β-unsaturated/α-hetero) is 2. The van der Waals surface area contributed by atoms with E-state index < -0.39 is 78.2 Å². The van der Waals surface area contributed by atoms with Crippen molar-refractivity contribution in [1.29, 1.82) is 0 Å². The second-order valence-electron chi connectivity index (χ2n) is 9.04. The van der Waals surface area contributed by atoms with Crippen LogP contribution < -0.4 is 16.0 Å². The van der Waals surface area contributed by atoms with Crippen LogP contribution in [-0.4, -0.2) is 96.4 Å². The van der Waals surface area contributed by atoms with Crippen LogP contribution in [0.25, 0.3) is 0 Å². The van der Waals surface area contributed by atoms with Gasteiger partial charge in [0.2, 0.25) is 5.60 Å². The summed E-state index contributed by atoms with van der Waals surface area (Å²) in [5.41, 5.74) is -5.29. The van der Waals surface area contributed by atoms with E-state index in [2.05, 4.69) is 16.0 Å². The van der Waals surface area contributed by atoms with Gasteiger partial charge < -0.3 is 36.0 Å². The van der Waals surface area contributed by atoms with Gasteiger partial charge in [-0.2, -0.15) is 0 Å². The molecule has 0 spiro atoms. The van der Waals surface area contributed by atoms with Crippen molar-refractivity contribution in [3.8, 4) is 0 Å². The first kappa shape index (κ1) is 32.1. The van der Waals surface area contributed by atoms with Crippen molar-refractivity contribution in [3.05, 3.63) is 0 Å². The van der Waals surface area contributed by atoms with Gasteiger partial charge in [0.05, 0.1) is 24.8 Å². The molecule has 34 heavy (non-hydrogen) atoms. The lowest BCUT2D eigenvalue weighted by molar-refractivity contribution is -0.208. The summed E-state index contributed by atoms with van der Waals surface area (Å²) in [6.45, 7) is 7.20. The van der Waals surface area contributed by atoms with E-state index in [1.165, 1.54) is 41.9 Å². The Kier molecular flexibility index (Phi) is 13.1. The molecule has 0 saturated carbocycles. The van der Waals surface area contributed by atoms with Gasteiger partial charge >= 0.3 is 11.9 Å². The molecule has 0 amide bonds. The van der Waals surface area contributed by atoms with Crippen molar-refractivity contribution < 1.29 is 39.2 Å². The zero-order valence-electron chi connectivity index (χ0n) is 21.6. The second-order valence-corrected chi connectivity index (χ2v) is 9.04. The fourth-order valence-corrected chi connectivity index (χ4v) is 4.28. The maximum Gasteiger partial charge on any atom is 0.349 e. The molecule has 0 aliphatic carbocycles. The fourth-order valence-electron chi connectivity index (χ4n) is 4.28. The topological polar surface area (TPSA) is 174 Å². The predicted octanol–water partition coefficient (Wildman–Crippen LogP) is -0.519. The number of nitrogens with one attached hydrogen (secondary N) is 3. The molecule has 0 aromatic carbocycles. The molecule has 0 aromatic rings. The number of hydrogen-bond donors (Lipinski definition) is 6. The van der Waals surface area contributed by atoms with Crippen LogP contribution >= 0.6 is 0 Å². The lowest BCUT2D eigenvalue weighted by Gasteiger charge is -2.48. The Morgan fingerprint density at radius 2 is 1.44 bits per heavy atom. The summed E-state index contributed by atoms with van der Waals surface area (Å²) in [6.07, 6.45) is -3.52. The standard InChI is InChI=1S/C23H43N3O8/c1-9-13(2)18(26-8)19(30)22(10-14(3)27,17(29)12-24-6)23(21(32)33,11-15(4)28)34-20(31)16(5)25-7/h13-16,18,24-28H,9-12H2,1-8H3,(H,32,33)/t13-,14?,15?,16+,18+,22?,23?/m0/s1. The van der Waals surface area contributed by atoms with Crippen LogP contribution in [0, 0.1) is 11.3 Å². The Balaban J connectivity index is 7.60. The highest BCUT2D eigenvalue weighted by Crippen LogP contribution is 2.46. The van der Waals surface area contributed by atoms with Gasteiger partial charge in [-0.15, -0.1) is 0 Å². The van der Waals surface area contributed by atoms with Gasteiger partial charge in [-0.05, 0) is 54.3 Å². The Labute approximate surface area is 202 Å². The number of aliphatic hydroxyl groups is 2. The van der Waals surface area contributed by atoms with E-state index in [1.54, 1.807) is 6.92 Å². The van der Waals surface area contributed by atoms with E-state index in [4.69, 9.17) is 4.74 Å². The minimum absolute atomic E-state index is 0.321. The Bertz CT molecular complexity index is 714. The zero-order valence-corrected chi connectivity index (χ0v) is 21.6. The van der Waals surface area contributed by atoms with Crippen LogP contribution in [-0.2, 0) is 23.9 Å². The number of aliphatic hydroxyl groups excluding tert-OH is 2. The molecule has 0 fully saturated rings. The van der Waals surface area contributed by atoms with Gasteiger partial charge in [0.1, 0.15) is 11.5 Å². The molecule has 198 valence electrons. The number of aliphatic carboxylic acids is 1. The summed E-state index contributed by atoms with van der Waals surface area (Å²) in [5, 5.41) is 39.4. The zero-order chi connectivity index (χ0) is 26.9. The molecule has 6 N–H and O–H groups in total. The van der Waals surface area contributed by atoms with E-state index >= 15 is 0 Å². The number of likely N-dealkylation sites (N-methyl/N-ethyl adjacent to an activating group) is 3. The van der Waals surface area contributed by atoms with Gasteiger partial charge in [0, 0.05) is 6.42 Å². The van der Waals surface area contributed by atoms with Gasteiger partial charge in [0.25, 0.3) is 0 Å². The van der Waals surface area contributed by atoms with Gasteiger partial charge in [0.15, 0.2) is 11.6 Å². The summed E-state index contributed by atoms with van der Waals surface area (Å²) in [4.78, 5) is 53.8. The molecule has 4 unspecified atom stereocenters. The number of carboxylic acid groups (broad SMARTS) is 1.